The van der Waals surface area contributed by atoms with Crippen molar-refractivity contribution in [1.82, 2.24) is 20.5 Å². The van der Waals surface area contributed by atoms with Crippen molar-refractivity contribution in [1.29, 1.82) is 0 Å². The van der Waals surface area contributed by atoms with Gasteiger partial charge in [0.1, 0.15) is 10.6 Å². The van der Waals surface area contributed by atoms with E-state index in [4.69, 9.17) is 9.26 Å². The lowest BCUT2D eigenvalue weighted by Gasteiger charge is -2.37. The van der Waals surface area contributed by atoms with Gasteiger partial charge in [-0.15, -0.1) is 12.4 Å². The van der Waals surface area contributed by atoms with Gasteiger partial charge in [0.25, 0.3) is 0 Å². The molecule has 1 saturated heterocycles. The van der Waals surface area contributed by atoms with Crippen molar-refractivity contribution < 1.29 is 22.5 Å². The van der Waals surface area contributed by atoms with Crippen LogP contribution in [0.3, 0.4) is 0 Å². The maximum atomic E-state index is 12.5. The molecule has 0 saturated carbocycles. The first-order valence-electron chi connectivity index (χ1n) is 8.63. The molecular formula is C16H29ClN4O5S. The maximum Gasteiger partial charge on any atom is 0.246 e. The van der Waals surface area contributed by atoms with E-state index in [1.807, 2.05) is 0 Å². The standard InChI is InChI=1S/C16H28N4O5S.ClH/c1-11-14(13(3)25-19-11)26(22,23)20-12(2)15(21)18-9-16(10-24-4)5-7-17-8-6-16;/h12,17,20H,5-10H2,1-4H3,(H,18,21);1H. The van der Waals surface area contributed by atoms with Crippen LogP contribution in [0.4, 0.5) is 0 Å². The fraction of sp³-hybridized carbons (Fsp3) is 0.750. The van der Waals surface area contributed by atoms with Crippen LogP contribution < -0.4 is 15.4 Å². The van der Waals surface area contributed by atoms with Gasteiger partial charge < -0.3 is 19.9 Å². The number of hydrogen-bond donors (Lipinski definition) is 3. The van der Waals surface area contributed by atoms with E-state index in [2.05, 4.69) is 20.5 Å². The Balaban J connectivity index is 0.00000364. The fourth-order valence-corrected chi connectivity index (χ4v) is 4.80. The van der Waals surface area contributed by atoms with Gasteiger partial charge in [-0.2, -0.15) is 4.72 Å². The SMILES string of the molecule is COCC1(CNC(=O)C(C)NS(=O)(=O)c2c(C)noc2C)CCNCC1.Cl. The van der Waals surface area contributed by atoms with Crippen LogP contribution >= 0.6 is 12.4 Å². The number of amides is 1. The highest BCUT2D eigenvalue weighted by atomic mass is 35.5. The van der Waals surface area contributed by atoms with Gasteiger partial charge in [-0.05, 0) is 46.7 Å². The van der Waals surface area contributed by atoms with E-state index in [-0.39, 0.29) is 40.1 Å². The molecule has 1 fully saturated rings. The number of piperidine rings is 1. The van der Waals surface area contributed by atoms with Crippen LogP contribution in [0.5, 0.6) is 0 Å². The third kappa shape index (κ3) is 5.89. The summed E-state index contributed by atoms with van der Waals surface area (Å²) < 4.78 is 37.6. The maximum absolute atomic E-state index is 12.5. The van der Waals surface area contributed by atoms with E-state index < -0.39 is 16.1 Å². The molecule has 1 aromatic rings. The number of aryl methyl sites for hydroxylation is 2. The number of methoxy groups -OCH3 is 1. The van der Waals surface area contributed by atoms with Crippen molar-refractivity contribution in [2.45, 2.75) is 44.6 Å². The molecule has 1 unspecified atom stereocenters. The third-order valence-corrected chi connectivity index (χ3v) is 6.50. The molecule has 0 bridgehead atoms. The van der Waals surface area contributed by atoms with E-state index in [1.54, 1.807) is 14.0 Å². The summed E-state index contributed by atoms with van der Waals surface area (Å²) in [4.78, 5) is 12.4. The summed E-state index contributed by atoms with van der Waals surface area (Å²) in [5, 5.41) is 9.80. The summed E-state index contributed by atoms with van der Waals surface area (Å²) in [6.07, 6.45) is 1.78. The van der Waals surface area contributed by atoms with Crippen LogP contribution in [0.15, 0.2) is 9.42 Å². The summed E-state index contributed by atoms with van der Waals surface area (Å²) in [6.45, 7) is 7.30. The Morgan fingerprint density at radius 2 is 2.00 bits per heavy atom. The van der Waals surface area contributed by atoms with Gasteiger partial charge in [0, 0.05) is 19.1 Å². The number of nitrogens with zero attached hydrogens (tertiary/aromatic N) is 1. The number of carbonyl (C=O) groups excluding carboxylic acids is 1. The van der Waals surface area contributed by atoms with Gasteiger partial charge >= 0.3 is 0 Å². The normalized spacial score (nSPS) is 17.8. The minimum atomic E-state index is -3.89. The Morgan fingerprint density at radius 3 is 2.52 bits per heavy atom. The Bertz CT molecular complexity index is 706. The Labute approximate surface area is 166 Å². The second-order valence-electron chi connectivity index (χ2n) is 6.90. The summed E-state index contributed by atoms with van der Waals surface area (Å²) in [5.74, 6) is -0.189. The number of nitrogens with one attached hydrogen (secondary N) is 3. The smallest absolute Gasteiger partial charge is 0.246 e. The molecule has 11 heteroatoms. The van der Waals surface area contributed by atoms with Crippen LogP contribution in [0.1, 0.15) is 31.2 Å². The monoisotopic (exact) mass is 424 g/mol. The lowest BCUT2D eigenvalue weighted by Crippen LogP contribution is -2.51. The first kappa shape index (κ1) is 23.8. The third-order valence-electron chi connectivity index (χ3n) is 4.71. The molecule has 2 rings (SSSR count). The number of hydrogen-bond acceptors (Lipinski definition) is 7. The number of rotatable bonds is 8. The van der Waals surface area contributed by atoms with Gasteiger partial charge in [0.2, 0.25) is 15.9 Å². The quantitative estimate of drug-likeness (QED) is 0.555. The molecule has 0 radical (unpaired) electrons. The molecule has 3 N–H and O–H groups in total. The van der Waals surface area contributed by atoms with Gasteiger partial charge in [0.05, 0.1) is 12.6 Å². The second-order valence-corrected chi connectivity index (χ2v) is 8.55. The lowest BCUT2D eigenvalue weighted by atomic mass is 9.79. The lowest BCUT2D eigenvalue weighted by molar-refractivity contribution is -0.123. The molecule has 9 nitrogen and oxygen atoms in total. The molecular weight excluding hydrogens is 396 g/mol. The first-order valence-corrected chi connectivity index (χ1v) is 10.1. The molecule has 156 valence electrons. The zero-order chi connectivity index (χ0) is 19.4. The van der Waals surface area contributed by atoms with Crippen LogP contribution in [0, 0.1) is 19.3 Å². The summed E-state index contributed by atoms with van der Waals surface area (Å²) in [7, 11) is -2.25. The highest BCUT2D eigenvalue weighted by molar-refractivity contribution is 7.89. The number of aromatic nitrogens is 1. The Hall–Kier alpha value is -1.20. The number of ether oxygens (including phenoxy) is 1. The van der Waals surface area contributed by atoms with Crippen LogP contribution in [-0.4, -0.2) is 58.9 Å². The van der Waals surface area contributed by atoms with Gasteiger partial charge in [-0.1, -0.05) is 5.16 Å². The van der Waals surface area contributed by atoms with Crippen molar-refractivity contribution in [3.8, 4) is 0 Å². The molecule has 1 atom stereocenters. The molecule has 0 aliphatic carbocycles. The van der Waals surface area contributed by atoms with Gasteiger partial charge in [-0.3, -0.25) is 4.79 Å². The number of halogens is 1. The molecule has 1 amide bonds. The van der Waals surface area contributed by atoms with E-state index >= 15 is 0 Å². The summed E-state index contributed by atoms with van der Waals surface area (Å²) in [6, 6.07) is -0.921. The zero-order valence-corrected chi connectivity index (χ0v) is 17.8. The van der Waals surface area contributed by atoms with Crippen molar-refractivity contribution in [3.05, 3.63) is 11.5 Å². The van der Waals surface area contributed by atoms with Crippen LogP contribution in [0.25, 0.3) is 0 Å². The highest BCUT2D eigenvalue weighted by Gasteiger charge is 2.34. The van der Waals surface area contributed by atoms with Crippen molar-refractivity contribution in [3.63, 3.8) is 0 Å². The minimum absolute atomic E-state index is 0. The largest absolute Gasteiger partial charge is 0.384 e. The minimum Gasteiger partial charge on any atom is -0.384 e. The predicted octanol–water partition coefficient (Wildman–Crippen LogP) is 0.512. The van der Waals surface area contributed by atoms with Crippen molar-refractivity contribution in [2.75, 3.05) is 33.4 Å². The average molecular weight is 425 g/mol. The van der Waals surface area contributed by atoms with E-state index in [1.165, 1.54) is 13.8 Å². The Morgan fingerprint density at radius 1 is 1.37 bits per heavy atom. The van der Waals surface area contributed by atoms with Crippen LogP contribution in [0.2, 0.25) is 0 Å². The molecule has 1 aromatic heterocycles. The number of sulfonamides is 1. The summed E-state index contributed by atoms with van der Waals surface area (Å²) >= 11 is 0. The topological polar surface area (TPSA) is 123 Å². The molecule has 0 spiro atoms. The highest BCUT2D eigenvalue weighted by Crippen LogP contribution is 2.28. The molecule has 27 heavy (non-hydrogen) atoms. The Kier molecular flexibility index (Phi) is 8.68. The molecule has 0 aromatic carbocycles. The average Bonchev–Trinajstić information content (AvgIpc) is 2.93. The van der Waals surface area contributed by atoms with E-state index in [0.717, 1.165) is 25.9 Å². The molecule has 2 heterocycles. The predicted molar refractivity (Wildman–Crippen MR) is 102 cm³/mol. The molecule has 1 aliphatic heterocycles. The zero-order valence-electron chi connectivity index (χ0n) is 16.1. The van der Waals surface area contributed by atoms with E-state index in [0.29, 0.717) is 13.2 Å². The summed E-state index contributed by atoms with van der Waals surface area (Å²) in [5.41, 5.74) is 0.131. The van der Waals surface area contributed by atoms with E-state index in [9.17, 15) is 13.2 Å². The second kappa shape index (κ2) is 9.83. The van der Waals surface area contributed by atoms with Crippen LogP contribution in [-0.2, 0) is 19.6 Å². The molecule has 1 aliphatic rings. The van der Waals surface area contributed by atoms with Gasteiger partial charge in [0.15, 0.2) is 5.76 Å². The van der Waals surface area contributed by atoms with Gasteiger partial charge in [-0.25, -0.2) is 8.42 Å². The fourth-order valence-electron chi connectivity index (χ4n) is 3.27. The van der Waals surface area contributed by atoms with Crippen molar-refractivity contribution in [2.24, 2.45) is 5.41 Å². The van der Waals surface area contributed by atoms with Crippen molar-refractivity contribution >= 4 is 28.3 Å². The first-order chi connectivity index (χ1) is 12.2. The number of carbonyl (C=O) groups is 1.